The summed E-state index contributed by atoms with van der Waals surface area (Å²) in [5.74, 6) is 0. The molecule has 0 radical (unpaired) electrons. The van der Waals surface area contributed by atoms with Crippen LogP contribution in [-0.2, 0) is 10.0 Å². The van der Waals surface area contributed by atoms with E-state index in [2.05, 4.69) is 9.71 Å². The predicted octanol–water partition coefficient (Wildman–Crippen LogP) is 2.43. The van der Waals surface area contributed by atoms with E-state index in [1.165, 1.54) is 24.4 Å². The van der Waals surface area contributed by atoms with Gasteiger partial charge in [-0.05, 0) is 36.8 Å². The van der Waals surface area contributed by atoms with Crippen LogP contribution in [0, 0.1) is 6.92 Å². The molecule has 0 atom stereocenters. The average Bonchev–Trinajstić information content (AvgIpc) is 2.31. The minimum absolute atomic E-state index is 0.0352. The third-order valence-corrected chi connectivity index (χ3v) is 4.11. The summed E-state index contributed by atoms with van der Waals surface area (Å²) in [5.41, 5.74) is 7.15. The molecule has 0 amide bonds. The predicted molar refractivity (Wildman–Crippen MR) is 75.6 cm³/mol. The van der Waals surface area contributed by atoms with E-state index in [1.807, 2.05) is 6.92 Å². The molecule has 0 saturated carbocycles. The number of nitrogen functional groups attached to an aromatic ring is 1. The fourth-order valence-electron chi connectivity index (χ4n) is 1.56. The van der Waals surface area contributed by atoms with E-state index in [0.717, 1.165) is 5.56 Å². The molecule has 2 aromatic rings. The van der Waals surface area contributed by atoms with Crippen molar-refractivity contribution in [1.29, 1.82) is 0 Å². The Hall–Kier alpha value is -1.79. The third-order valence-electron chi connectivity index (χ3n) is 2.43. The van der Waals surface area contributed by atoms with Crippen molar-refractivity contribution in [2.75, 3.05) is 10.5 Å². The SMILES string of the molecule is Cc1ccc(S(=O)(=O)Nc2ccc(Cl)nc2)c(N)c1. The van der Waals surface area contributed by atoms with Gasteiger partial charge in [0.05, 0.1) is 17.6 Å². The molecule has 100 valence electrons. The highest BCUT2D eigenvalue weighted by Crippen LogP contribution is 2.22. The molecule has 0 bridgehead atoms. The first-order valence-electron chi connectivity index (χ1n) is 5.39. The van der Waals surface area contributed by atoms with Crippen LogP contribution in [-0.4, -0.2) is 13.4 Å². The molecular formula is C12H12ClN3O2S. The molecule has 0 aliphatic heterocycles. The summed E-state index contributed by atoms with van der Waals surface area (Å²) in [6.07, 6.45) is 1.34. The quantitative estimate of drug-likeness (QED) is 0.673. The van der Waals surface area contributed by atoms with Crippen LogP contribution in [0.4, 0.5) is 11.4 Å². The zero-order valence-corrected chi connectivity index (χ0v) is 11.7. The maximum Gasteiger partial charge on any atom is 0.263 e. The number of pyridine rings is 1. The molecule has 0 spiro atoms. The Labute approximate surface area is 116 Å². The number of nitrogens with one attached hydrogen (secondary N) is 1. The van der Waals surface area contributed by atoms with E-state index in [1.54, 1.807) is 12.1 Å². The van der Waals surface area contributed by atoms with Crippen molar-refractivity contribution in [3.05, 3.63) is 47.2 Å². The van der Waals surface area contributed by atoms with Crippen LogP contribution < -0.4 is 10.5 Å². The van der Waals surface area contributed by atoms with E-state index in [4.69, 9.17) is 17.3 Å². The number of hydrogen-bond donors (Lipinski definition) is 2. The Morgan fingerprint density at radius 1 is 1.26 bits per heavy atom. The molecule has 1 heterocycles. The van der Waals surface area contributed by atoms with Crippen LogP contribution in [0.15, 0.2) is 41.4 Å². The third kappa shape index (κ3) is 3.15. The highest BCUT2D eigenvalue weighted by molar-refractivity contribution is 7.92. The number of rotatable bonds is 3. The second-order valence-electron chi connectivity index (χ2n) is 4.02. The fraction of sp³-hybridized carbons (Fsp3) is 0.0833. The lowest BCUT2D eigenvalue weighted by atomic mass is 10.2. The van der Waals surface area contributed by atoms with Crippen LogP contribution in [0.5, 0.6) is 0 Å². The summed E-state index contributed by atoms with van der Waals surface area (Å²) in [7, 11) is -3.73. The van der Waals surface area contributed by atoms with Crippen LogP contribution in [0.3, 0.4) is 0 Å². The smallest absolute Gasteiger partial charge is 0.263 e. The maximum absolute atomic E-state index is 12.2. The molecule has 1 aromatic carbocycles. The van der Waals surface area contributed by atoms with Gasteiger partial charge in [0.1, 0.15) is 10.0 Å². The van der Waals surface area contributed by atoms with Gasteiger partial charge in [0.2, 0.25) is 0 Å². The van der Waals surface area contributed by atoms with Gasteiger partial charge in [-0.25, -0.2) is 13.4 Å². The molecule has 1 aromatic heterocycles. The van der Waals surface area contributed by atoms with Crippen LogP contribution >= 0.6 is 11.6 Å². The molecule has 0 aliphatic carbocycles. The van der Waals surface area contributed by atoms with E-state index in [-0.39, 0.29) is 15.7 Å². The number of benzene rings is 1. The summed E-state index contributed by atoms with van der Waals surface area (Å²) in [6.45, 7) is 1.84. The number of anilines is 2. The summed E-state index contributed by atoms with van der Waals surface area (Å²) in [6, 6.07) is 7.78. The van der Waals surface area contributed by atoms with Crippen molar-refractivity contribution in [2.24, 2.45) is 0 Å². The first-order valence-corrected chi connectivity index (χ1v) is 7.25. The first-order chi connectivity index (χ1) is 8.88. The van der Waals surface area contributed by atoms with Gasteiger partial charge in [0, 0.05) is 0 Å². The van der Waals surface area contributed by atoms with Gasteiger partial charge in [-0.3, -0.25) is 4.72 Å². The fourth-order valence-corrected chi connectivity index (χ4v) is 2.83. The van der Waals surface area contributed by atoms with Gasteiger partial charge >= 0.3 is 0 Å². The van der Waals surface area contributed by atoms with Crippen molar-refractivity contribution >= 4 is 33.0 Å². The van der Waals surface area contributed by atoms with Crippen molar-refractivity contribution in [3.63, 3.8) is 0 Å². The van der Waals surface area contributed by atoms with Crippen LogP contribution in [0.1, 0.15) is 5.56 Å². The highest BCUT2D eigenvalue weighted by atomic mass is 35.5. The molecule has 0 saturated heterocycles. The van der Waals surface area contributed by atoms with Gasteiger partial charge in [-0.15, -0.1) is 0 Å². The molecule has 0 unspecified atom stereocenters. The van der Waals surface area contributed by atoms with E-state index < -0.39 is 10.0 Å². The first kappa shape index (κ1) is 13.6. The second kappa shape index (κ2) is 5.07. The lowest BCUT2D eigenvalue weighted by Crippen LogP contribution is -2.15. The topological polar surface area (TPSA) is 85.1 Å². The number of nitrogens with zero attached hydrogens (tertiary/aromatic N) is 1. The number of nitrogens with two attached hydrogens (primary N) is 1. The summed E-state index contributed by atoms with van der Waals surface area (Å²) in [5, 5.41) is 0.290. The van der Waals surface area contributed by atoms with E-state index >= 15 is 0 Å². The standard InChI is InChI=1S/C12H12ClN3O2S/c1-8-2-4-11(10(14)6-8)19(17,18)16-9-3-5-12(13)15-7-9/h2-7,16H,14H2,1H3. The zero-order chi connectivity index (χ0) is 14.0. The molecule has 3 N–H and O–H groups in total. The minimum atomic E-state index is -3.73. The molecule has 2 rings (SSSR count). The maximum atomic E-state index is 12.2. The minimum Gasteiger partial charge on any atom is -0.398 e. The monoisotopic (exact) mass is 297 g/mol. The Kier molecular flexibility index (Phi) is 3.64. The largest absolute Gasteiger partial charge is 0.398 e. The second-order valence-corrected chi connectivity index (χ2v) is 6.05. The Bertz CT molecular complexity index is 699. The Morgan fingerprint density at radius 2 is 2.00 bits per heavy atom. The summed E-state index contributed by atoms with van der Waals surface area (Å²) in [4.78, 5) is 3.84. The molecular weight excluding hydrogens is 286 g/mol. The normalized spacial score (nSPS) is 11.3. The van der Waals surface area contributed by atoms with Crippen molar-refractivity contribution in [1.82, 2.24) is 4.98 Å². The average molecular weight is 298 g/mol. The number of halogens is 1. The molecule has 19 heavy (non-hydrogen) atoms. The van der Waals surface area contributed by atoms with Crippen LogP contribution in [0.2, 0.25) is 5.15 Å². The summed E-state index contributed by atoms with van der Waals surface area (Å²) >= 11 is 5.63. The number of aryl methyl sites for hydroxylation is 1. The molecule has 0 aliphatic rings. The number of aromatic nitrogens is 1. The molecule has 7 heteroatoms. The summed E-state index contributed by atoms with van der Waals surface area (Å²) < 4.78 is 26.7. The van der Waals surface area contributed by atoms with Crippen LogP contribution in [0.25, 0.3) is 0 Å². The lowest BCUT2D eigenvalue weighted by Gasteiger charge is -2.10. The van der Waals surface area contributed by atoms with Crippen molar-refractivity contribution in [2.45, 2.75) is 11.8 Å². The number of sulfonamides is 1. The van der Waals surface area contributed by atoms with E-state index in [0.29, 0.717) is 5.69 Å². The van der Waals surface area contributed by atoms with E-state index in [9.17, 15) is 8.42 Å². The van der Waals surface area contributed by atoms with Crippen molar-refractivity contribution in [3.8, 4) is 0 Å². The van der Waals surface area contributed by atoms with Gasteiger partial charge < -0.3 is 5.73 Å². The number of hydrogen-bond acceptors (Lipinski definition) is 4. The van der Waals surface area contributed by atoms with Gasteiger partial charge in [-0.2, -0.15) is 0 Å². The molecule has 0 fully saturated rings. The van der Waals surface area contributed by atoms with Gasteiger partial charge in [0.25, 0.3) is 10.0 Å². The molecule has 5 nitrogen and oxygen atoms in total. The Morgan fingerprint density at radius 3 is 2.58 bits per heavy atom. The lowest BCUT2D eigenvalue weighted by molar-refractivity contribution is 0.601. The van der Waals surface area contributed by atoms with Crippen molar-refractivity contribution < 1.29 is 8.42 Å². The highest BCUT2D eigenvalue weighted by Gasteiger charge is 2.17. The zero-order valence-electron chi connectivity index (χ0n) is 10.1. The van der Waals surface area contributed by atoms with Gasteiger partial charge in [-0.1, -0.05) is 17.7 Å². The Balaban J connectivity index is 2.35. The van der Waals surface area contributed by atoms with Gasteiger partial charge in [0.15, 0.2) is 0 Å².